The molecule has 3 saturated heterocycles. The number of carbonyl (C=O) groups is 2. The lowest BCUT2D eigenvalue weighted by molar-refractivity contribution is -0.149. The number of nitrogens with one attached hydrogen (secondary N) is 3. The van der Waals surface area contributed by atoms with Crippen molar-refractivity contribution in [3.63, 3.8) is 0 Å². The zero-order chi connectivity index (χ0) is 19.8. The van der Waals surface area contributed by atoms with Crippen LogP contribution in [0.2, 0.25) is 0 Å². The van der Waals surface area contributed by atoms with Gasteiger partial charge in [-0.2, -0.15) is 0 Å². The average Bonchev–Trinajstić information content (AvgIpc) is 3.16. The van der Waals surface area contributed by atoms with Crippen molar-refractivity contribution in [1.29, 1.82) is 0 Å². The molecule has 3 aliphatic heterocycles. The summed E-state index contributed by atoms with van der Waals surface area (Å²) in [7, 11) is 0. The van der Waals surface area contributed by atoms with E-state index in [0.29, 0.717) is 43.7 Å². The Morgan fingerprint density at radius 1 is 1.19 bits per heavy atom. The molecule has 1 aromatic carbocycles. The Morgan fingerprint density at radius 2 is 2.00 bits per heavy atom. The van der Waals surface area contributed by atoms with Crippen molar-refractivity contribution in [1.82, 2.24) is 25.5 Å². The number of aromatic nitrogens is 2. The van der Waals surface area contributed by atoms with Crippen molar-refractivity contribution in [2.24, 2.45) is 11.8 Å². The number of fused-ring (bicyclic) bond motifs is 5. The summed E-state index contributed by atoms with van der Waals surface area (Å²) in [6.07, 6.45) is 4.90. The second-order valence-corrected chi connectivity index (χ2v) is 8.75. The van der Waals surface area contributed by atoms with E-state index in [2.05, 4.69) is 25.5 Å². The monoisotopic (exact) mass is 467 g/mol. The molecule has 170 valence electrons. The van der Waals surface area contributed by atoms with Crippen LogP contribution >= 0.6 is 24.8 Å². The van der Waals surface area contributed by atoms with Gasteiger partial charge in [0.2, 0.25) is 11.8 Å². The number of aryl methyl sites for hydroxylation is 1. The molecule has 3 fully saturated rings. The van der Waals surface area contributed by atoms with Gasteiger partial charge in [0, 0.05) is 38.4 Å². The van der Waals surface area contributed by atoms with Crippen LogP contribution < -0.4 is 10.6 Å². The van der Waals surface area contributed by atoms with Crippen LogP contribution in [0.5, 0.6) is 0 Å². The standard InChI is InChI=1S/C22H29N5O2.2ClH/c28-21(9-8-20-25-16-4-1-2-5-17(16)26-20)24-13-19-15-10-14(11-23-12-15)18-6-3-7-22(29)27(18)19;;/h1-2,4-5,14-15,18-19,23H,3,6-13H2,(H,24,28)(H,25,26);2*1H/t14-,15+,18+,19+;;/m1../s1. The Hall–Kier alpha value is -1.83. The number of benzene rings is 1. The molecule has 3 N–H and O–H groups in total. The Labute approximate surface area is 194 Å². The van der Waals surface area contributed by atoms with Gasteiger partial charge in [0.25, 0.3) is 0 Å². The van der Waals surface area contributed by atoms with Gasteiger partial charge in [-0.15, -0.1) is 24.8 Å². The van der Waals surface area contributed by atoms with E-state index < -0.39 is 0 Å². The van der Waals surface area contributed by atoms with Crippen molar-refractivity contribution in [2.45, 2.75) is 50.6 Å². The lowest BCUT2D eigenvalue weighted by Crippen LogP contribution is -2.66. The Kier molecular flexibility index (Phi) is 7.83. The summed E-state index contributed by atoms with van der Waals surface area (Å²) < 4.78 is 0. The molecular weight excluding hydrogens is 437 g/mol. The molecule has 2 amide bonds. The van der Waals surface area contributed by atoms with E-state index in [9.17, 15) is 9.59 Å². The molecular formula is C22H31Cl2N5O2. The molecule has 0 radical (unpaired) electrons. The highest BCUT2D eigenvalue weighted by Crippen LogP contribution is 2.39. The van der Waals surface area contributed by atoms with Crippen LogP contribution in [0.4, 0.5) is 0 Å². The summed E-state index contributed by atoms with van der Waals surface area (Å²) in [5.41, 5.74) is 1.93. The van der Waals surface area contributed by atoms with Crippen LogP contribution in [0.25, 0.3) is 11.0 Å². The van der Waals surface area contributed by atoms with Crippen molar-refractivity contribution in [2.75, 3.05) is 19.6 Å². The van der Waals surface area contributed by atoms with Crippen LogP contribution in [-0.4, -0.2) is 58.4 Å². The third kappa shape index (κ3) is 4.83. The molecule has 4 atom stereocenters. The van der Waals surface area contributed by atoms with Gasteiger partial charge >= 0.3 is 0 Å². The molecule has 0 aliphatic carbocycles. The second-order valence-electron chi connectivity index (χ2n) is 8.75. The number of rotatable bonds is 5. The molecule has 31 heavy (non-hydrogen) atoms. The Morgan fingerprint density at radius 3 is 2.84 bits per heavy atom. The Balaban J connectivity index is 0.00000136. The molecule has 1 aromatic heterocycles. The minimum absolute atomic E-state index is 0. The maximum atomic E-state index is 12.7. The molecule has 0 unspecified atom stereocenters. The van der Waals surface area contributed by atoms with E-state index >= 15 is 0 Å². The minimum Gasteiger partial charge on any atom is -0.354 e. The van der Waals surface area contributed by atoms with E-state index in [1.807, 2.05) is 24.3 Å². The van der Waals surface area contributed by atoms with Crippen LogP contribution in [0.3, 0.4) is 0 Å². The van der Waals surface area contributed by atoms with E-state index in [1.165, 1.54) is 6.42 Å². The largest absolute Gasteiger partial charge is 0.354 e. The highest BCUT2D eigenvalue weighted by Gasteiger charge is 2.47. The van der Waals surface area contributed by atoms with Gasteiger partial charge in [0.1, 0.15) is 5.82 Å². The number of hydrogen-bond donors (Lipinski definition) is 3. The average molecular weight is 468 g/mol. The van der Waals surface area contributed by atoms with E-state index in [0.717, 1.165) is 42.8 Å². The van der Waals surface area contributed by atoms with Gasteiger partial charge in [0.15, 0.2) is 0 Å². The zero-order valence-electron chi connectivity index (χ0n) is 17.5. The van der Waals surface area contributed by atoms with Gasteiger partial charge in [-0.05, 0) is 49.8 Å². The molecule has 5 rings (SSSR count). The van der Waals surface area contributed by atoms with Crippen molar-refractivity contribution < 1.29 is 9.59 Å². The maximum absolute atomic E-state index is 12.7. The van der Waals surface area contributed by atoms with Crippen molar-refractivity contribution in [3.05, 3.63) is 30.1 Å². The second kappa shape index (κ2) is 10.2. The number of halogens is 2. The fraction of sp³-hybridized carbons (Fsp3) is 0.591. The van der Waals surface area contributed by atoms with Crippen LogP contribution in [0.15, 0.2) is 24.3 Å². The summed E-state index contributed by atoms with van der Waals surface area (Å²) >= 11 is 0. The zero-order valence-corrected chi connectivity index (χ0v) is 19.1. The molecule has 9 heteroatoms. The summed E-state index contributed by atoms with van der Waals surface area (Å²) in [6.45, 7) is 2.51. The number of aromatic amines is 1. The SMILES string of the molecule is Cl.Cl.O=C(CCc1nc2ccccc2[nH]1)NC[C@H]1[C@@H]2CNC[C@@H](C2)[C@@H]2CCCC(=O)N21. The van der Waals surface area contributed by atoms with E-state index in [-0.39, 0.29) is 42.7 Å². The quantitative estimate of drug-likeness (QED) is 0.629. The Bertz CT molecular complexity index is 887. The van der Waals surface area contributed by atoms with Gasteiger partial charge < -0.3 is 20.5 Å². The number of hydrogen-bond acceptors (Lipinski definition) is 4. The highest BCUT2D eigenvalue weighted by atomic mass is 35.5. The predicted molar refractivity (Wildman–Crippen MR) is 125 cm³/mol. The first-order chi connectivity index (χ1) is 14.2. The first kappa shape index (κ1) is 23.8. The number of nitrogens with zero attached hydrogens (tertiary/aromatic N) is 2. The fourth-order valence-corrected chi connectivity index (χ4v) is 5.56. The number of para-hydroxylation sites is 2. The molecule has 7 nitrogen and oxygen atoms in total. The minimum atomic E-state index is 0. The molecule has 4 heterocycles. The summed E-state index contributed by atoms with van der Waals surface area (Å²) in [4.78, 5) is 35.2. The topological polar surface area (TPSA) is 90.1 Å². The summed E-state index contributed by atoms with van der Waals surface area (Å²) in [5.74, 6) is 2.14. The number of carbonyl (C=O) groups excluding carboxylic acids is 2. The van der Waals surface area contributed by atoms with Gasteiger partial charge in [-0.1, -0.05) is 12.1 Å². The van der Waals surface area contributed by atoms with Gasteiger partial charge in [0.05, 0.1) is 17.1 Å². The number of H-pyrrole nitrogens is 1. The van der Waals surface area contributed by atoms with Crippen LogP contribution in [-0.2, 0) is 16.0 Å². The lowest BCUT2D eigenvalue weighted by atomic mass is 9.72. The molecule has 3 aliphatic rings. The van der Waals surface area contributed by atoms with Gasteiger partial charge in [-0.3, -0.25) is 9.59 Å². The maximum Gasteiger partial charge on any atom is 0.223 e. The number of imidazole rings is 1. The normalized spacial score (nSPS) is 27.1. The fourth-order valence-electron chi connectivity index (χ4n) is 5.56. The molecule has 2 aromatic rings. The van der Waals surface area contributed by atoms with E-state index in [1.54, 1.807) is 0 Å². The number of piperidine rings is 3. The molecule has 2 bridgehead atoms. The van der Waals surface area contributed by atoms with Gasteiger partial charge in [-0.25, -0.2) is 4.98 Å². The third-order valence-corrected chi connectivity index (χ3v) is 6.94. The smallest absolute Gasteiger partial charge is 0.223 e. The van der Waals surface area contributed by atoms with E-state index in [4.69, 9.17) is 0 Å². The number of amides is 2. The predicted octanol–water partition coefficient (Wildman–Crippen LogP) is 2.44. The summed E-state index contributed by atoms with van der Waals surface area (Å²) in [6, 6.07) is 8.36. The van der Waals surface area contributed by atoms with Crippen LogP contribution in [0.1, 0.15) is 37.9 Å². The first-order valence-corrected chi connectivity index (χ1v) is 10.9. The summed E-state index contributed by atoms with van der Waals surface area (Å²) in [5, 5.41) is 6.66. The third-order valence-electron chi connectivity index (χ3n) is 6.94. The van der Waals surface area contributed by atoms with Crippen molar-refractivity contribution >= 4 is 47.7 Å². The first-order valence-electron chi connectivity index (χ1n) is 10.9. The van der Waals surface area contributed by atoms with Crippen molar-refractivity contribution in [3.8, 4) is 0 Å². The highest BCUT2D eigenvalue weighted by molar-refractivity contribution is 5.85. The lowest BCUT2D eigenvalue weighted by Gasteiger charge is -2.54. The molecule has 0 saturated carbocycles. The molecule has 0 spiro atoms. The van der Waals surface area contributed by atoms with Crippen LogP contribution in [0, 0.1) is 11.8 Å².